The maximum atomic E-state index is 13.8. The van der Waals surface area contributed by atoms with Gasteiger partial charge in [-0.1, -0.05) is 0 Å². The number of nitrogens with zero attached hydrogens (tertiary/aromatic N) is 5. The van der Waals surface area contributed by atoms with Crippen LogP contribution in [-0.4, -0.2) is 58.8 Å². The normalized spacial score (nSPS) is 15.5. The number of aryl methyl sites for hydroxylation is 2. The first kappa shape index (κ1) is 21.1. The molecule has 0 bridgehead atoms. The van der Waals surface area contributed by atoms with Gasteiger partial charge in [-0.3, -0.25) is 9.48 Å². The van der Waals surface area contributed by atoms with E-state index >= 15 is 0 Å². The van der Waals surface area contributed by atoms with Crippen LogP contribution in [0.1, 0.15) is 21.6 Å². The first-order valence-electron chi connectivity index (χ1n) is 9.89. The van der Waals surface area contributed by atoms with Crippen LogP contribution < -0.4 is 10.2 Å². The molecule has 0 aliphatic carbocycles. The van der Waals surface area contributed by atoms with Crippen LogP contribution in [0.2, 0.25) is 0 Å². The molecule has 3 aromatic rings. The molecule has 1 saturated heterocycles. The Balaban J connectivity index is 1.62. The van der Waals surface area contributed by atoms with Crippen molar-refractivity contribution in [2.45, 2.75) is 13.1 Å². The molecule has 1 aromatic carbocycles. The molecule has 2 aromatic heterocycles. The van der Waals surface area contributed by atoms with E-state index in [0.29, 0.717) is 35.5 Å². The SMILES string of the molecule is Cc1nn(C)c2ncc(C(=O)Nc3ccc(N4CCN(C)CC4)cc3C(F)(F)F)cc12. The number of carbonyl (C=O) groups excluding carboxylic acids is 1. The standard InChI is InChI=1S/C21H23F3N6O/c1-13-16-10-14(12-25-19(16)29(3)27-13)20(31)26-18-5-4-15(11-17(18)21(22,23)24)30-8-6-28(2)7-9-30/h4-5,10-12H,6-9H2,1-3H3,(H,26,31). The van der Waals surface area contributed by atoms with E-state index in [1.807, 2.05) is 11.9 Å². The molecule has 1 aliphatic rings. The third kappa shape index (κ3) is 4.20. The molecule has 0 spiro atoms. The topological polar surface area (TPSA) is 66.3 Å². The Morgan fingerprint density at radius 2 is 1.81 bits per heavy atom. The second-order valence-corrected chi connectivity index (χ2v) is 7.78. The number of benzene rings is 1. The van der Waals surface area contributed by atoms with Crippen LogP contribution in [0.3, 0.4) is 0 Å². The van der Waals surface area contributed by atoms with Gasteiger partial charge in [-0.15, -0.1) is 0 Å². The molecule has 10 heteroatoms. The van der Waals surface area contributed by atoms with Crippen LogP contribution in [0, 0.1) is 6.92 Å². The van der Waals surface area contributed by atoms with Gasteiger partial charge in [-0.25, -0.2) is 4.98 Å². The van der Waals surface area contributed by atoms with E-state index in [9.17, 15) is 18.0 Å². The fraction of sp³-hybridized carbons (Fsp3) is 0.381. The zero-order valence-electron chi connectivity index (χ0n) is 17.5. The van der Waals surface area contributed by atoms with Crippen molar-refractivity contribution in [1.29, 1.82) is 0 Å². The highest BCUT2D eigenvalue weighted by Gasteiger charge is 2.35. The second-order valence-electron chi connectivity index (χ2n) is 7.78. The molecule has 31 heavy (non-hydrogen) atoms. The number of hydrogen-bond donors (Lipinski definition) is 1. The summed E-state index contributed by atoms with van der Waals surface area (Å²) in [6.45, 7) is 4.64. The van der Waals surface area contributed by atoms with Gasteiger partial charge in [0.05, 0.1) is 22.5 Å². The predicted octanol–water partition coefficient (Wildman–Crippen LogP) is 3.30. The number of fused-ring (bicyclic) bond motifs is 1. The maximum absolute atomic E-state index is 13.8. The number of likely N-dealkylation sites (N-methyl/N-ethyl adjacent to an activating group) is 1. The quantitative estimate of drug-likeness (QED) is 0.688. The third-order valence-electron chi connectivity index (χ3n) is 5.55. The van der Waals surface area contributed by atoms with Crippen molar-refractivity contribution in [1.82, 2.24) is 19.7 Å². The molecule has 164 valence electrons. The second kappa shape index (κ2) is 7.84. The molecule has 0 atom stereocenters. The van der Waals surface area contributed by atoms with Crippen LogP contribution in [0.15, 0.2) is 30.5 Å². The average molecular weight is 432 g/mol. The van der Waals surface area contributed by atoms with E-state index in [2.05, 4.69) is 20.3 Å². The number of aromatic nitrogens is 3. The lowest BCUT2D eigenvalue weighted by Crippen LogP contribution is -2.44. The van der Waals surface area contributed by atoms with Gasteiger partial charge < -0.3 is 15.1 Å². The van der Waals surface area contributed by atoms with E-state index in [-0.39, 0.29) is 11.3 Å². The summed E-state index contributed by atoms with van der Waals surface area (Å²) in [5.74, 6) is -0.657. The van der Waals surface area contributed by atoms with Gasteiger partial charge >= 0.3 is 6.18 Å². The summed E-state index contributed by atoms with van der Waals surface area (Å²) in [7, 11) is 3.72. The van der Waals surface area contributed by atoms with Crippen LogP contribution in [0.4, 0.5) is 24.5 Å². The number of carbonyl (C=O) groups is 1. The van der Waals surface area contributed by atoms with Gasteiger partial charge in [0.25, 0.3) is 5.91 Å². The Morgan fingerprint density at radius 3 is 2.48 bits per heavy atom. The number of piperazine rings is 1. The number of anilines is 2. The Morgan fingerprint density at radius 1 is 1.10 bits per heavy atom. The minimum Gasteiger partial charge on any atom is -0.369 e. The minimum absolute atomic E-state index is 0.167. The number of pyridine rings is 1. The third-order valence-corrected chi connectivity index (χ3v) is 5.55. The Labute approximate surface area is 177 Å². The zero-order valence-corrected chi connectivity index (χ0v) is 17.5. The first-order valence-corrected chi connectivity index (χ1v) is 9.89. The molecule has 3 heterocycles. The Bertz CT molecular complexity index is 1130. The van der Waals surface area contributed by atoms with Crippen molar-refractivity contribution in [2.24, 2.45) is 7.05 Å². The van der Waals surface area contributed by atoms with Gasteiger partial charge in [0.2, 0.25) is 0 Å². The summed E-state index contributed by atoms with van der Waals surface area (Å²) >= 11 is 0. The highest BCUT2D eigenvalue weighted by atomic mass is 19.4. The summed E-state index contributed by atoms with van der Waals surface area (Å²) < 4.78 is 42.9. The molecular weight excluding hydrogens is 409 g/mol. The van der Waals surface area contributed by atoms with E-state index in [0.717, 1.165) is 19.2 Å². The van der Waals surface area contributed by atoms with E-state index < -0.39 is 17.6 Å². The lowest BCUT2D eigenvalue weighted by atomic mass is 10.1. The number of rotatable bonds is 3. The largest absolute Gasteiger partial charge is 0.418 e. The smallest absolute Gasteiger partial charge is 0.369 e. The van der Waals surface area contributed by atoms with Crippen LogP contribution >= 0.6 is 0 Å². The lowest BCUT2D eigenvalue weighted by molar-refractivity contribution is -0.136. The number of alkyl halides is 3. The van der Waals surface area contributed by atoms with Crippen LogP contribution in [0.25, 0.3) is 11.0 Å². The fourth-order valence-corrected chi connectivity index (χ4v) is 3.76. The van der Waals surface area contributed by atoms with Gasteiger partial charge in [-0.2, -0.15) is 18.3 Å². The van der Waals surface area contributed by atoms with Crippen molar-refractivity contribution >= 4 is 28.3 Å². The molecule has 1 fully saturated rings. The number of hydrogen-bond acceptors (Lipinski definition) is 5. The molecule has 4 rings (SSSR count). The molecule has 7 nitrogen and oxygen atoms in total. The van der Waals surface area contributed by atoms with E-state index in [1.165, 1.54) is 12.3 Å². The van der Waals surface area contributed by atoms with Crippen LogP contribution in [0.5, 0.6) is 0 Å². The fourth-order valence-electron chi connectivity index (χ4n) is 3.76. The van der Waals surface area contributed by atoms with Crippen molar-refractivity contribution in [3.8, 4) is 0 Å². The number of nitrogens with one attached hydrogen (secondary N) is 1. The van der Waals surface area contributed by atoms with Gasteiger partial charge in [0.1, 0.15) is 0 Å². The highest BCUT2D eigenvalue weighted by molar-refractivity contribution is 6.06. The van der Waals surface area contributed by atoms with Crippen molar-refractivity contribution in [3.63, 3.8) is 0 Å². The minimum atomic E-state index is -4.60. The summed E-state index contributed by atoms with van der Waals surface area (Å²) in [6.07, 6.45) is -3.27. The van der Waals surface area contributed by atoms with Gasteiger partial charge in [-0.05, 0) is 38.2 Å². The Kier molecular flexibility index (Phi) is 5.34. The summed E-state index contributed by atoms with van der Waals surface area (Å²) in [5.41, 5.74) is 0.795. The van der Waals surface area contributed by atoms with Crippen molar-refractivity contribution < 1.29 is 18.0 Å². The molecule has 1 amide bonds. The average Bonchev–Trinajstić information content (AvgIpc) is 3.01. The van der Waals surface area contributed by atoms with E-state index in [1.54, 1.807) is 30.8 Å². The van der Waals surface area contributed by atoms with Crippen molar-refractivity contribution in [2.75, 3.05) is 43.4 Å². The van der Waals surface area contributed by atoms with Crippen molar-refractivity contribution in [3.05, 3.63) is 47.3 Å². The molecule has 0 unspecified atom stereocenters. The number of amides is 1. The summed E-state index contributed by atoms with van der Waals surface area (Å²) in [4.78, 5) is 21.0. The van der Waals surface area contributed by atoms with Gasteiger partial charge in [0, 0.05) is 50.5 Å². The number of halogens is 3. The molecule has 0 saturated carbocycles. The first-order chi connectivity index (χ1) is 14.6. The van der Waals surface area contributed by atoms with Gasteiger partial charge in [0.15, 0.2) is 5.65 Å². The predicted molar refractivity (Wildman–Crippen MR) is 112 cm³/mol. The summed E-state index contributed by atoms with van der Waals surface area (Å²) in [6, 6.07) is 5.62. The Hall–Kier alpha value is -3.14. The monoisotopic (exact) mass is 432 g/mol. The zero-order chi connectivity index (χ0) is 22.3. The highest BCUT2D eigenvalue weighted by Crippen LogP contribution is 2.37. The molecular formula is C21H23F3N6O. The lowest BCUT2D eigenvalue weighted by Gasteiger charge is -2.34. The summed E-state index contributed by atoms with van der Waals surface area (Å²) in [5, 5.41) is 7.33. The maximum Gasteiger partial charge on any atom is 0.418 e. The molecule has 1 N–H and O–H groups in total. The molecule has 1 aliphatic heterocycles. The molecule has 0 radical (unpaired) electrons. The van der Waals surface area contributed by atoms with Crippen LogP contribution in [-0.2, 0) is 13.2 Å². The van der Waals surface area contributed by atoms with E-state index in [4.69, 9.17) is 0 Å².